The Kier molecular flexibility index (Phi) is 11.9. The number of nitro benzene ring substituents is 1. The summed E-state index contributed by atoms with van der Waals surface area (Å²) in [5.74, 6) is -2.77. The van der Waals surface area contributed by atoms with Gasteiger partial charge in [0.15, 0.2) is 0 Å². The number of unbranched alkanes of at least 4 members (excludes halogenated alkanes) is 1. The number of hydrogen-bond acceptors (Lipinski definition) is 8. The molecule has 4 amide bonds. The number of rotatable bonds is 8. The number of carbonyl (C=O) groups excluding carboxylic acids is 4. The van der Waals surface area contributed by atoms with Crippen molar-refractivity contribution in [2.45, 2.75) is 76.9 Å². The molecule has 4 unspecified atom stereocenters. The predicted molar refractivity (Wildman–Crippen MR) is 142 cm³/mol. The average Bonchev–Trinajstić information content (AvgIpc) is 2.88. The number of nitrogens with one attached hydrogen (secondary N) is 4. The van der Waals surface area contributed by atoms with Crippen LogP contribution in [-0.2, 0) is 14.4 Å². The molecule has 1 aliphatic heterocycles. The average molecular weight is 534 g/mol. The molecule has 38 heavy (non-hydrogen) atoms. The van der Waals surface area contributed by atoms with Gasteiger partial charge in [-0.25, -0.2) is 0 Å². The Morgan fingerprint density at radius 3 is 2.50 bits per heavy atom. The molecule has 0 bridgehead atoms. The fourth-order valence-electron chi connectivity index (χ4n) is 4.19. The van der Waals surface area contributed by atoms with Gasteiger partial charge in [0, 0.05) is 24.4 Å². The Morgan fingerprint density at radius 1 is 1.13 bits per heavy atom. The summed E-state index contributed by atoms with van der Waals surface area (Å²) in [4.78, 5) is 62.6. The fraction of sp³-hybridized carbons (Fsp3) is 0.600. The predicted octanol–water partition coefficient (Wildman–Crippen LogP) is 0.919. The summed E-state index contributed by atoms with van der Waals surface area (Å²) in [7, 11) is 0. The maximum atomic E-state index is 13.4. The number of amides is 4. The van der Waals surface area contributed by atoms with Crippen LogP contribution in [0, 0.1) is 16.0 Å². The van der Waals surface area contributed by atoms with Crippen LogP contribution in [0.1, 0.15) is 69.2 Å². The van der Waals surface area contributed by atoms with Crippen molar-refractivity contribution in [3.8, 4) is 0 Å². The summed E-state index contributed by atoms with van der Waals surface area (Å²) in [6, 6.07) is 1.00. The first kappa shape index (κ1) is 30.5. The van der Waals surface area contributed by atoms with Gasteiger partial charge in [-0.3, -0.25) is 29.3 Å². The van der Waals surface area contributed by atoms with Crippen molar-refractivity contribution in [3.63, 3.8) is 0 Å². The van der Waals surface area contributed by atoms with Gasteiger partial charge >= 0.3 is 0 Å². The molecule has 0 saturated carbocycles. The summed E-state index contributed by atoms with van der Waals surface area (Å²) < 4.78 is 0. The van der Waals surface area contributed by atoms with Gasteiger partial charge in [0.25, 0.3) is 11.6 Å². The van der Waals surface area contributed by atoms with Crippen LogP contribution in [0.2, 0.25) is 0 Å². The third-order valence-corrected chi connectivity index (χ3v) is 6.72. The second kappa shape index (κ2) is 14.9. The number of carbonyl (C=O) groups is 4. The van der Waals surface area contributed by atoms with Crippen LogP contribution in [0.3, 0.4) is 0 Å². The highest BCUT2D eigenvalue weighted by atomic mass is 16.6. The van der Waals surface area contributed by atoms with Crippen LogP contribution in [0.15, 0.2) is 18.2 Å². The van der Waals surface area contributed by atoms with E-state index in [0.717, 1.165) is 0 Å². The molecular weight excluding hydrogens is 494 g/mol. The third-order valence-electron chi connectivity index (χ3n) is 6.72. The van der Waals surface area contributed by atoms with Crippen molar-refractivity contribution in [1.29, 1.82) is 0 Å². The Morgan fingerprint density at radius 2 is 1.87 bits per heavy atom. The van der Waals surface area contributed by atoms with Crippen LogP contribution in [0.25, 0.3) is 0 Å². The Labute approximate surface area is 222 Å². The van der Waals surface area contributed by atoms with Crippen LogP contribution in [0.5, 0.6) is 0 Å². The van der Waals surface area contributed by atoms with Gasteiger partial charge in [0.05, 0.1) is 10.5 Å². The molecule has 1 aliphatic rings. The van der Waals surface area contributed by atoms with E-state index in [-0.39, 0.29) is 30.0 Å². The topological polar surface area (TPSA) is 212 Å². The van der Waals surface area contributed by atoms with Crippen LogP contribution in [-0.4, -0.2) is 59.8 Å². The Hall–Kier alpha value is -3.74. The molecule has 210 valence electrons. The van der Waals surface area contributed by atoms with Gasteiger partial charge in [0.1, 0.15) is 18.1 Å². The molecule has 0 spiro atoms. The second-order valence-corrected chi connectivity index (χ2v) is 9.56. The molecule has 4 atom stereocenters. The quantitative estimate of drug-likeness (QED) is 0.160. The normalized spacial score (nSPS) is 22.2. The second-order valence-electron chi connectivity index (χ2n) is 9.56. The van der Waals surface area contributed by atoms with E-state index < -0.39 is 46.7 Å². The Balaban J connectivity index is 2.47. The van der Waals surface area contributed by atoms with Crippen LogP contribution >= 0.6 is 0 Å². The first-order chi connectivity index (χ1) is 18.1. The first-order valence-electron chi connectivity index (χ1n) is 13.0. The van der Waals surface area contributed by atoms with Gasteiger partial charge in [-0.2, -0.15) is 0 Å². The SMILES string of the molecule is CCC(C)C1NC(=O)c2cc([N+](=O)[O-])ccc2NCCCCC(C(N)=O)NC(=O)C(CCCCN)NC1=O. The number of nitrogens with two attached hydrogens (primary N) is 2. The molecule has 0 saturated heterocycles. The highest BCUT2D eigenvalue weighted by Gasteiger charge is 2.32. The zero-order valence-corrected chi connectivity index (χ0v) is 22.0. The van der Waals surface area contributed by atoms with Gasteiger partial charge in [-0.1, -0.05) is 20.3 Å². The lowest BCUT2D eigenvalue weighted by Gasteiger charge is -2.28. The molecular formula is C25H39N7O6. The first-order valence-corrected chi connectivity index (χ1v) is 13.0. The van der Waals surface area contributed by atoms with E-state index in [0.29, 0.717) is 50.9 Å². The van der Waals surface area contributed by atoms with Crippen molar-refractivity contribution in [2.75, 3.05) is 18.4 Å². The van der Waals surface area contributed by atoms with E-state index in [2.05, 4.69) is 21.3 Å². The Bertz CT molecular complexity index is 1020. The summed E-state index contributed by atoms with van der Waals surface area (Å²) in [5.41, 5.74) is 11.3. The lowest BCUT2D eigenvalue weighted by molar-refractivity contribution is -0.384. The molecule has 1 aromatic carbocycles. The minimum Gasteiger partial charge on any atom is -0.384 e. The molecule has 13 heteroatoms. The monoisotopic (exact) mass is 533 g/mol. The highest BCUT2D eigenvalue weighted by molar-refractivity contribution is 6.03. The lowest BCUT2D eigenvalue weighted by atomic mass is 9.96. The van der Waals surface area contributed by atoms with Gasteiger partial charge in [-0.15, -0.1) is 0 Å². The summed E-state index contributed by atoms with van der Waals surface area (Å²) in [6.07, 6.45) is 3.38. The van der Waals surface area contributed by atoms with Crippen LogP contribution < -0.4 is 32.7 Å². The summed E-state index contributed by atoms with van der Waals surface area (Å²) in [5, 5.41) is 22.6. The zero-order valence-electron chi connectivity index (χ0n) is 22.0. The number of primary amides is 1. The van der Waals surface area contributed by atoms with Crippen LogP contribution in [0.4, 0.5) is 11.4 Å². The van der Waals surface area contributed by atoms with E-state index in [9.17, 15) is 29.3 Å². The van der Waals surface area contributed by atoms with Crippen molar-refractivity contribution in [2.24, 2.45) is 17.4 Å². The van der Waals surface area contributed by atoms with E-state index in [1.165, 1.54) is 18.2 Å². The lowest BCUT2D eigenvalue weighted by Crippen LogP contribution is -2.57. The number of non-ortho nitro benzene ring substituents is 1. The van der Waals surface area contributed by atoms with Gasteiger partial charge < -0.3 is 32.7 Å². The van der Waals surface area contributed by atoms with E-state index in [1.54, 1.807) is 6.92 Å². The molecule has 2 rings (SSSR count). The number of fused-ring (bicyclic) bond motifs is 1. The summed E-state index contributed by atoms with van der Waals surface area (Å²) in [6.45, 7) is 4.44. The molecule has 1 aromatic rings. The minimum absolute atomic E-state index is 0.0275. The smallest absolute Gasteiger partial charge is 0.270 e. The maximum absolute atomic E-state index is 13.4. The zero-order chi connectivity index (χ0) is 28.2. The molecule has 0 aromatic heterocycles. The van der Waals surface area contributed by atoms with Gasteiger partial charge in [0.2, 0.25) is 17.7 Å². The van der Waals surface area contributed by atoms with E-state index in [4.69, 9.17) is 11.5 Å². The van der Waals surface area contributed by atoms with Gasteiger partial charge in [-0.05, 0) is 57.1 Å². The fourth-order valence-corrected chi connectivity index (χ4v) is 4.19. The number of nitrogens with zero attached hydrogens (tertiary/aromatic N) is 1. The molecule has 0 aliphatic carbocycles. The van der Waals surface area contributed by atoms with E-state index in [1.807, 2.05) is 6.92 Å². The molecule has 1 heterocycles. The maximum Gasteiger partial charge on any atom is 0.270 e. The third kappa shape index (κ3) is 8.68. The standard InChI is InChI=1S/C25H39N7O6/c1-3-15(2)21-25(36)30-20(9-4-6-12-26)24(35)29-19(22(27)33)8-5-7-13-28-18-11-10-16(32(37)38)14-17(18)23(34)31-21/h10-11,14-15,19-21,28H,3-9,12-13,26H2,1-2H3,(H2,27,33)(H,29,35)(H,30,36)(H,31,34). The van der Waals surface area contributed by atoms with E-state index >= 15 is 0 Å². The van der Waals surface area contributed by atoms with Crippen molar-refractivity contribution >= 4 is 35.0 Å². The molecule has 0 radical (unpaired) electrons. The summed E-state index contributed by atoms with van der Waals surface area (Å²) >= 11 is 0. The van der Waals surface area contributed by atoms with Crippen molar-refractivity contribution < 1.29 is 24.1 Å². The molecule has 8 N–H and O–H groups in total. The highest BCUT2D eigenvalue weighted by Crippen LogP contribution is 2.23. The minimum atomic E-state index is -1.02. The van der Waals surface area contributed by atoms with Crippen molar-refractivity contribution in [1.82, 2.24) is 16.0 Å². The molecule has 13 nitrogen and oxygen atoms in total. The molecule has 0 fully saturated rings. The number of nitro groups is 1. The number of hydrogen-bond donors (Lipinski definition) is 6. The number of benzene rings is 1. The largest absolute Gasteiger partial charge is 0.384 e. The van der Waals surface area contributed by atoms with Crippen molar-refractivity contribution in [3.05, 3.63) is 33.9 Å². The number of anilines is 1.